The number of hydrogen-bond donors (Lipinski definition) is 3. The van der Waals surface area contributed by atoms with E-state index < -0.39 is 11.9 Å². The van der Waals surface area contributed by atoms with Gasteiger partial charge in [-0.3, -0.25) is 4.79 Å². The molecule has 0 unspecified atom stereocenters. The molecule has 3 N–H and O–H groups in total. The van der Waals surface area contributed by atoms with Crippen LogP contribution >= 0.6 is 27.5 Å². The zero-order valence-electron chi connectivity index (χ0n) is 15.2. The van der Waals surface area contributed by atoms with Gasteiger partial charge in [-0.2, -0.15) is 5.10 Å². The molecule has 0 aliphatic carbocycles. The number of hydrogen-bond acceptors (Lipinski definition) is 6. The van der Waals surface area contributed by atoms with Gasteiger partial charge in [0, 0.05) is 21.1 Å². The fourth-order valence-electron chi connectivity index (χ4n) is 2.39. The monoisotopic (exact) mass is 488 g/mol. The lowest BCUT2D eigenvalue weighted by molar-refractivity contribution is 0.0734. The number of phenols is 2. The lowest BCUT2D eigenvalue weighted by atomic mass is 10.2. The molecule has 7 nitrogen and oxygen atoms in total. The summed E-state index contributed by atoms with van der Waals surface area (Å²) in [6.07, 6.45) is 1.30. The SMILES string of the molecule is O=C(Oc1ccc(Br)cc1/C=N\NC(=O)c1ccc(O)cc1O)c1ccc(Cl)cc1. The number of carbonyl (C=O) groups is 2. The minimum atomic E-state index is -0.682. The number of amides is 1. The summed E-state index contributed by atoms with van der Waals surface area (Å²) >= 11 is 9.15. The first-order valence-corrected chi connectivity index (χ1v) is 9.63. The summed E-state index contributed by atoms with van der Waals surface area (Å²) in [4.78, 5) is 24.5. The predicted molar refractivity (Wildman–Crippen MR) is 115 cm³/mol. The topological polar surface area (TPSA) is 108 Å². The number of phenolic OH excluding ortho intramolecular Hbond substituents is 2. The minimum Gasteiger partial charge on any atom is -0.508 e. The number of aromatic hydroxyl groups is 2. The molecule has 3 aromatic rings. The average molecular weight is 490 g/mol. The van der Waals surface area contributed by atoms with E-state index in [9.17, 15) is 19.8 Å². The van der Waals surface area contributed by atoms with Gasteiger partial charge in [-0.25, -0.2) is 10.2 Å². The van der Waals surface area contributed by atoms with Gasteiger partial charge in [0.2, 0.25) is 0 Å². The summed E-state index contributed by atoms with van der Waals surface area (Å²) in [6, 6.07) is 14.7. The van der Waals surface area contributed by atoms with Crippen LogP contribution in [-0.4, -0.2) is 28.3 Å². The Morgan fingerprint density at radius 2 is 1.77 bits per heavy atom. The Bertz CT molecular complexity index is 1130. The van der Waals surface area contributed by atoms with Gasteiger partial charge >= 0.3 is 5.97 Å². The van der Waals surface area contributed by atoms with Crippen molar-refractivity contribution in [3.63, 3.8) is 0 Å². The fraction of sp³-hybridized carbons (Fsp3) is 0. The summed E-state index contributed by atoms with van der Waals surface area (Å²) < 4.78 is 6.13. The predicted octanol–water partition coefficient (Wildman–Crippen LogP) is 4.50. The van der Waals surface area contributed by atoms with Crippen LogP contribution in [0.15, 0.2) is 70.2 Å². The van der Waals surface area contributed by atoms with Crippen molar-refractivity contribution in [2.45, 2.75) is 0 Å². The van der Waals surface area contributed by atoms with E-state index in [0.717, 1.165) is 6.07 Å². The van der Waals surface area contributed by atoms with Crippen molar-refractivity contribution in [1.82, 2.24) is 5.43 Å². The van der Waals surface area contributed by atoms with E-state index in [1.54, 1.807) is 42.5 Å². The third-order valence-electron chi connectivity index (χ3n) is 3.85. The number of esters is 1. The Morgan fingerprint density at radius 3 is 2.47 bits per heavy atom. The van der Waals surface area contributed by atoms with Crippen molar-refractivity contribution in [1.29, 1.82) is 0 Å². The van der Waals surface area contributed by atoms with E-state index in [1.807, 2.05) is 0 Å². The molecular formula is C21H14BrClN2O5. The van der Waals surface area contributed by atoms with Gasteiger partial charge in [-0.15, -0.1) is 0 Å². The highest BCUT2D eigenvalue weighted by molar-refractivity contribution is 9.10. The van der Waals surface area contributed by atoms with Crippen molar-refractivity contribution in [3.05, 3.63) is 86.8 Å². The molecule has 0 atom stereocenters. The lowest BCUT2D eigenvalue weighted by Gasteiger charge is -2.08. The smallest absolute Gasteiger partial charge is 0.343 e. The third kappa shape index (κ3) is 5.37. The first-order chi connectivity index (χ1) is 14.3. The van der Waals surface area contributed by atoms with Crippen LogP contribution < -0.4 is 10.2 Å². The minimum absolute atomic E-state index is 0.0615. The average Bonchev–Trinajstić information content (AvgIpc) is 2.70. The van der Waals surface area contributed by atoms with Crippen molar-refractivity contribution < 1.29 is 24.5 Å². The molecule has 0 aliphatic heterocycles. The van der Waals surface area contributed by atoms with Crippen LogP contribution in [0.4, 0.5) is 0 Å². The number of hydrazone groups is 1. The number of carbonyl (C=O) groups excluding carboxylic acids is 2. The van der Waals surface area contributed by atoms with Gasteiger partial charge in [0.05, 0.1) is 17.3 Å². The highest BCUT2D eigenvalue weighted by Gasteiger charge is 2.13. The number of nitrogens with zero attached hydrogens (tertiary/aromatic N) is 1. The Hall–Kier alpha value is -3.36. The molecule has 0 fully saturated rings. The van der Waals surface area contributed by atoms with Gasteiger partial charge in [0.15, 0.2) is 0 Å². The highest BCUT2D eigenvalue weighted by Crippen LogP contribution is 2.24. The van der Waals surface area contributed by atoms with Crippen LogP contribution in [0.25, 0.3) is 0 Å². The molecule has 0 heterocycles. The molecule has 0 aliphatic rings. The van der Waals surface area contributed by atoms with Crippen LogP contribution in [0.2, 0.25) is 5.02 Å². The van der Waals surface area contributed by atoms with Gasteiger partial charge in [-0.1, -0.05) is 27.5 Å². The quantitative estimate of drug-likeness (QED) is 0.212. The summed E-state index contributed by atoms with van der Waals surface area (Å²) in [5, 5.41) is 23.4. The van der Waals surface area contributed by atoms with E-state index in [1.165, 1.54) is 18.3 Å². The van der Waals surface area contributed by atoms with E-state index in [4.69, 9.17) is 16.3 Å². The van der Waals surface area contributed by atoms with Crippen molar-refractivity contribution in [2.75, 3.05) is 0 Å². The van der Waals surface area contributed by atoms with Gasteiger partial charge < -0.3 is 14.9 Å². The molecule has 0 saturated heterocycles. The molecule has 152 valence electrons. The standard InChI is InChI=1S/C21H14BrClN2O5/c22-14-3-8-19(30-21(29)12-1-4-15(23)5-2-12)13(9-14)11-24-25-20(28)17-7-6-16(26)10-18(17)27/h1-11,26-27H,(H,25,28)/b24-11-. The molecule has 0 saturated carbocycles. The van der Waals surface area contributed by atoms with Crippen LogP contribution in [0.3, 0.4) is 0 Å². The van der Waals surface area contributed by atoms with Crippen LogP contribution in [0.1, 0.15) is 26.3 Å². The molecule has 0 spiro atoms. The van der Waals surface area contributed by atoms with Crippen molar-refractivity contribution in [3.8, 4) is 17.2 Å². The molecular weight excluding hydrogens is 476 g/mol. The zero-order valence-corrected chi connectivity index (χ0v) is 17.5. The maximum atomic E-state index is 12.4. The first-order valence-electron chi connectivity index (χ1n) is 8.46. The summed E-state index contributed by atoms with van der Waals surface area (Å²) in [5.74, 6) is -1.60. The maximum absolute atomic E-state index is 12.4. The molecule has 3 aromatic carbocycles. The molecule has 0 aromatic heterocycles. The van der Waals surface area contributed by atoms with Gasteiger partial charge in [0.1, 0.15) is 17.2 Å². The maximum Gasteiger partial charge on any atom is 0.343 e. The Kier molecular flexibility index (Phi) is 6.71. The van der Waals surface area contributed by atoms with Gasteiger partial charge in [0.25, 0.3) is 5.91 Å². The summed E-state index contributed by atoms with van der Waals surface area (Å²) in [5.41, 5.74) is 2.94. The molecule has 3 rings (SSSR count). The van der Waals surface area contributed by atoms with Crippen LogP contribution in [0.5, 0.6) is 17.2 Å². The second-order valence-electron chi connectivity index (χ2n) is 5.98. The number of ether oxygens (including phenoxy) is 1. The van der Waals surface area contributed by atoms with E-state index in [-0.39, 0.29) is 22.8 Å². The Balaban J connectivity index is 1.75. The highest BCUT2D eigenvalue weighted by atomic mass is 79.9. The molecule has 0 radical (unpaired) electrons. The molecule has 9 heteroatoms. The molecule has 1 amide bonds. The number of nitrogens with one attached hydrogen (secondary N) is 1. The van der Waals surface area contributed by atoms with Crippen molar-refractivity contribution >= 4 is 45.6 Å². The number of halogens is 2. The van der Waals surface area contributed by atoms with Crippen molar-refractivity contribution in [2.24, 2.45) is 5.10 Å². The largest absolute Gasteiger partial charge is 0.508 e. The van der Waals surface area contributed by atoms with Crippen LogP contribution in [0, 0.1) is 0 Å². The Morgan fingerprint density at radius 1 is 1.03 bits per heavy atom. The second kappa shape index (κ2) is 9.43. The zero-order chi connectivity index (χ0) is 21.7. The lowest BCUT2D eigenvalue weighted by Crippen LogP contribution is -2.17. The summed E-state index contributed by atoms with van der Waals surface area (Å²) in [6.45, 7) is 0. The third-order valence-corrected chi connectivity index (χ3v) is 4.60. The molecule has 0 bridgehead atoms. The summed E-state index contributed by atoms with van der Waals surface area (Å²) in [7, 11) is 0. The number of rotatable bonds is 5. The Labute approximate surface area is 184 Å². The number of benzene rings is 3. The fourth-order valence-corrected chi connectivity index (χ4v) is 2.90. The van der Waals surface area contributed by atoms with E-state index in [2.05, 4.69) is 26.5 Å². The van der Waals surface area contributed by atoms with Gasteiger partial charge in [-0.05, 0) is 54.6 Å². The van der Waals surface area contributed by atoms with Crippen LogP contribution in [-0.2, 0) is 0 Å². The molecule has 30 heavy (non-hydrogen) atoms. The normalized spacial score (nSPS) is 10.7. The van der Waals surface area contributed by atoms with E-state index in [0.29, 0.717) is 20.6 Å². The van der Waals surface area contributed by atoms with E-state index >= 15 is 0 Å². The first kappa shape index (κ1) is 21.4. The second-order valence-corrected chi connectivity index (χ2v) is 7.33.